The van der Waals surface area contributed by atoms with Crippen LogP contribution in [0.1, 0.15) is 18.1 Å². The van der Waals surface area contributed by atoms with E-state index < -0.39 is 11.7 Å². The van der Waals surface area contributed by atoms with Crippen LogP contribution in [0.15, 0.2) is 40.9 Å². The summed E-state index contributed by atoms with van der Waals surface area (Å²) in [6.45, 7) is 1.39. The molecule has 9 heteroatoms. The third-order valence-corrected chi connectivity index (χ3v) is 4.45. The van der Waals surface area contributed by atoms with Crippen LogP contribution >= 0.6 is 35.8 Å². The van der Waals surface area contributed by atoms with Crippen molar-refractivity contribution >= 4 is 41.7 Å². The van der Waals surface area contributed by atoms with Crippen LogP contribution in [-0.4, -0.2) is 5.91 Å². The maximum atomic E-state index is 14.8. The van der Waals surface area contributed by atoms with Gasteiger partial charge in [-0.25, -0.2) is 4.39 Å². The second-order valence-electron chi connectivity index (χ2n) is 5.45. The van der Waals surface area contributed by atoms with Gasteiger partial charge in [-0.3, -0.25) is 4.79 Å². The average Bonchev–Trinajstić information content (AvgIpc) is 2.62. The first-order valence-electron chi connectivity index (χ1n) is 7.52. The smallest absolute Gasteiger partial charge is 0.259 e. The third-order valence-electron chi connectivity index (χ3n) is 3.38. The van der Waals surface area contributed by atoms with E-state index >= 15 is 0 Å². The van der Waals surface area contributed by atoms with Gasteiger partial charge in [0.25, 0.3) is 5.91 Å². The van der Waals surface area contributed by atoms with E-state index in [-0.39, 0.29) is 49.8 Å². The van der Waals surface area contributed by atoms with E-state index in [9.17, 15) is 9.18 Å². The van der Waals surface area contributed by atoms with Crippen LogP contribution < -0.4 is 15.8 Å². The van der Waals surface area contributed by atoms with Crippen LogP contribution in [0, 0.1) is 17.1 Å². The van der Waals surface area contributed by atoms with Crippen molar-refractivity contribution in [2.45, 2.75) is 13.5 Å². The van der Waals surface area contributed by atoms with Gasteiger partial charge in [0, 0.05) is 22.8 Å². The number of benzene rings is 2. The van der Waals surface area contributed by atoms with Crippen molar-refractivity contribution in [3.8, 4) is 17.6 Å². The maximum absolute atomic E-state index is 14.8. The summed E-state index contributed by atoms with van der Waals surface area (Å²) in [6, 6.07) is 9.05. The highest BCUT2D eigenvalue weighted by Gasteiger charge is 2.17. The number of halogens is 3. The molecule has 0 aliphatic heterocycles. The minimum atomic E-state index is -0.754. The SMILES string of the molecule is C/C(N)=C(/S)C(=O)NCc1ccc(Cl)c(Oc2cc(Cl)cc(C#N)c2)c1F. The monoisotopic (exact) mass is 425 g/mol. The van der Waals surface area contributed by atoms with Crippen LogP contribution in [-0.2, 0) is 11.3 Å². The zero-order valence-electron chi connectivity index (χ0n) is 14.0. The second kappa shape index (κ2) is 9.00. The van der Waals surface area contributed by atoms with Crippen LogP contribution in [0.2, 0.25) is 10.0 Å². The number of nitrogens with zero attached hydrogens (tertiary/aromatic N) is 1. The predicted molar refractivity (Wildman–Crippen MR) is 105 cm³/mol. The molecule has 1 amide bonds. The molecule has 0 aliphatic carbocycles. The van der Waals surface area contributed by atoms with Gasteiger partial charge in [-0.15, -0.1) is 12.6 Å². The summed E-state index contributed by atoms with van der Waals surface area (Å²) in [5, 5.41) is 11.8. The maximum Gasteiger partial charge on any atom is 0.259 e. The van der Waals surface area contributed by atoms with E-state index in [0.717, 1.165) is 0 Å². The number of nitrogens with two attached hydrogens (primary N) is 1. The second-order valence-corrected chi connectivity index (χ2v) is 6.74. The Bertz CT molecular complexity index is 970. The van der Waals surface area contributed by atoms with Gasteiger partial charge in [-0.05, 0) is 31.2 Å². The van der Waals surface area contributed by atoms with Gasteiger partial charge in [0.05, 0.1) is 21.6 Å². The third kappa shape index (κ3) is 5.30. The molecule has 2 rings (SSSR count). The molecule has 3 N–H and O–H groups in total. The zero-order chi connectivity index (χ0) is 20.1. The lowest BCUT2D eigenvalue weighted by Gasteiger charge is -2.13. The highest BCUT2D eigenvalue weighted by atomic mass is 35.5. The number of nitrogens with one attached hydrogen (secondary N) is 1. The lowest BCUT2D eigenvalue weighted by Crippen LogP contribution is -2.25. The first-order valence-corrected chi connectivity index (χ1v) is 8.72. The van der Waals surface area contributed by atoms with Gasteiger partial charge in [-0.1, -0.05) is 29.3 Å². The fraction of sp³-hybridized carbons (Fsp3) is 0.111. The summed E-state index contributed by atoms with van der Waals surface area (Å²) < 4.78 is 20.3. The lowest BCUT2D eigenvalue weighted by molar-refractivity contribution is -0.117. The van der Waals surface area contributed by atoms with Gasteiger partial charge in [-0.2, -0.15) is 5.26 Å². The van der Waals surface area contributed by atoms with Gasteiger partial charge < -0.3 is 15.8 Å². The molecular weight excluding hydrogens is 412 g/mol. The highest BCUT2D eigenvalue weighted by Crippen LogP contribution is 2.35. The molecule has 0 aromatic heterocycles. The Balaban J connectivity index is 2.28. The van der Waals surface area contributed by atoms with Crippen LogP contribution in [0.3, 0.4) is 0 Å². The molecule has 0 saturated carbocycles. The molecule has 2 aromatic carbocycles. The molecule has 0 atom stereocenters. The summed E-state index contributed by atoms with van der Waals surface area (Å²) >= 11 is 15.9. The number of carbonyl (C=O) groups excluding carboxylic acids is 1. The molecule has 27 heavy (non-hydrogen) atoms. The molecule has 0 heterocycles. The van der Waals surface area contributed by atoms with Crippen molar-refractivity contribution in [2.75, 3.05) is 0 Å². The number of rotatable bonds is 5. The summed E-state index contributed by atoms with van der Waals surface area (Å²) in [4.78, 5) is 11.9. The Labute approximate surface area is 170 Å². The number of hydrogen-bond acceptors (Lipinski definition) is 5. The molecule has 0 saturated heterocycles. The lowest BCUT2D eigenvalue weighted by atomic mass is 10.2. The largest absolute Gasteiger partial charge is 0.453 e. The van der Waals surface area contributed by atoms with Gasteiger partial charge >= 0.3 is 0 Å². The molecule has 0 spiro atoms. The number of thiol groups is 1. The summed E-state index contributed by atoms with van der Waals surface area (Å²) in [5.41, 5.74) is 6.13. The summed E-state index contributed by atoms with van der Waals surface area (Å²) in [7, 11) is 0. The van der Waals surface area contributed by atoms with E-state index in [4.69, 9.17) is 38.9 Å². The molecule has 5 nitrogen and oxygen atoms in total. The van der Waals surface area contributed by atoms with Gasteiger partial charge in [0.2, 0.25) is 0 Å². The number of hydrogen-bond donors (Lipinski definition) is 3. The molecule has 2 aromatic rings. The molecule has 0 unspecified atom stereocenters. The molecular formula is C18H14Cl2FN3O2S. The molecule has 140 valence electrons. The summed E-state index contributed by atoms with van der Waals surface area (Å²) in [6.07, 6.45) is 0. The number of nitriles is 1. The number of carbonyl (C=O) groups is 1. The van der Waals surface area contributed by atoms with Crippen LogP contribution in [0.4, 0.5) is 4.39 Å². The van der Waals surface area contributed by atoms with Crippen LogP contribution in [0.5, 0.6) is 11.5 Å². The first-order chi connectivity index (χ1) is 12.7. The Hall–Kier alpha value is -2.40. The Morgan fingerprint density at radius 2 is 2.07 bits per heavy atom. The van der Waals surface area contributed by atoms with Crippen molar-refractivity contribution in [3.05, 3.63) is 67.9 Å². The van der Waals surface area contributed by atoms with Crippen molar-refractivity contribution < 1.29 is 13.9 Å². The van der Waals surface area contributed by atoms with Crippen molar-refractivity contribution in [1.29, 1.82) is 5.26 Å². The quantitative estimate of drug-likeness (QED) is 0.484. The number of allylic oxidation sites excluding steroid dienone is 1. The number of amides is 1. The topological polar surface area (TPSA) is 88.1 Å². The standard InChI is InChI=1S/C18H14Cl2FN3O2S/c1-9(23)17(27)18(25)24-8-11-2-3-14(20)16(15(11)21)26-13-5-10(7-22)4-12(19)6-13/h2-6,27H,8,23H2,1H3,(H,24,25)/b17-9-. The normalized spacial score (nSPS) is 11.4. The average molecular weight is 426 g/mol. The van der Waals surface area contributed by atoms with Crippen LogP contribution in [0.25, 0.3) is 0 Å². The Morgan fingerprint density at radius 1 is 1.37 bits per heavy atom. The van der Waals surface area contributed by atoms with E-state index in [2.05, 4.69) is 17.9 Å². The fourth-order valence-electron chi connectivity index (χ4n) is 2.05. The Morgan fingerprint density at radius 3 is 2.70 bits per heavy atom. The molecule has 0 fully saturated rings. The summed E-state index contributed by atoms with van der Waals surface area (Å²) in [5.74, 6) is -1.38. The van der Waals surface area contributed by atoms with E-state index in [1.54, 1.807) is 0 Å². The van der Waals surface area contributed by atoms with E-state index in [0.29, 0.717) is 0 Å². The fourth-order valence-corrected chi connectivity index (χ4v) is 2.53. The minimum Gasteiger partial charge on any atom is -0.453 e. The van der Waals surface area contributed by atoms with Gasteiger partial charge in [0.1, 0.15) is 5.75 Å². The Kier molecular flexibility index (Phi) is 6.97. The molecule has 0 radical (unpaired) electrons. The molecule has 0 aliphatic rings. The van der Waals surface area contributed by atoms with Crippen molar-refractivity contribution in [1.82, 2.24) is 5.32 Å². The molecule has 0 bridgehead atoms. The van der Waals surface area contributed by atoms with E-state index in [1.807, 2.05) is 6.07 Å². The van der Waals surface area contributed by atoms with Gasteiger partial charge in [0.15, 0.2) is 11.6 Å². The van der Waals surface area contributed by atoms with E-state index in [1.165, 1.54) is 37.3 Å². The number of ether oxygens (including phenoxy) is 1. The minimum absolute atomic E-state index is 0.0219. The highest BCUT2D eigenvalue weighted by molar-refractivity contribution is 7.85. The predicted octanol–water partition coefficient (Wildman–Crippen LogP) is 4.53. The van der Waals surface area contributed by atoms with Crippen molar-refractivity contribution in [2.24, 2.45) is 5.73 Å². The first kappa shape index (κ1) is 20.9. The zero-order valence-corrected chi connectivity index (χ0v) is 16.4. The van der Waals surface area contributed by atoms with Crippen molar-refractivity contribution in [3.63, 3.8) is 0 Å².